The van der Waals surface area contributed by atoms with Crippen LogP contribution in [0.3, 0.4) is 0 Å². The number of aromatic nitrogens is 1. The summed E-state index contributed by atoms with van der Waals surface area (Å²) in [6.07, 6.45) is 5.63. The third-order valence-electron chi connectivity index (χ3n) is 4.03. The molecule has 2 aromatic rings. The van der Waals surface area contributed by atoms with Crippen LogP contribution in [-0.2, 0) is 12.0 Å². The van der Waals surface area contributed by atoms with Gasteiger partial charge in [0.2, 0.25) is 0 Å². The summed E-state index contributed by atoms with van der Waals surface area (Å²) in [5.74, 6) is 0.126. The molecular weight excluding hydrogens is 222 g/mol. The Labute approximate surface area is 107 Å². The molecule has 0 aliphatic heterocycles. The molecule has 0 saturated heterocycles. The van der Waals surface area contributed by atoms with Crippen LogP contribution in [0.2, 0.25) is 0 Å². The summed E-state index contributed by atoms with van der Waals surface area (Å²) in [6, 6.07) is 12.2. The predicted octanol–water partition coefficient (Wildman–Crippen LogP) is 3.02. The van der Waals surface area contributed by atoms with E-state index < -0.39 is 5.60 Å². The van der Waals surface area contributed by atoms with Gasteiger partial charge >= 0.3 is 0 Å². The Kier molecular flexibility index (Phi) is 2.67. The van der Waals surface area contributed by atoms with Gasteiger partial charge in [0.25, 0.3) is 0 Å². The van der Waals surface area contributed by atoms with Crippen LogP contribution in [-0.4, -0.2) is 10.1 Å². The first-order valence-corrected chi connectivity index (χ1v) is 6.40. The Hall–Kier alpha value is -1.67. The molecule has 1 aliphatic rings. The lowest BCUT2D eigenvalue weighted by Gasteiger charge is -2.39. The Morgan fingerprint density at radius 1 is 1.22 bits per heavy atom. The molecule has 92 valence electrons. The molecule has 0 amide bonds. The Balaban J connectivity index is 2.06. The minimum atomic E-state index is -0.808. The fourth-order valence-electron chi connectivity index (χ4n) is 3.07. The number of fused-ring (bicyclic) bond motifs is 1. The van der Waals surface area contributed by atoms with Gasteiger partial charge in [0.05, 0.1) is 5.60 Å². The van der Waals surface area contributed by atoms with Gasteiger partial charge in [-0.2, -0.15) is 0 Å². The molecule has 1 N–H and O–H groups in total. The minimum absolute atomic E-state index is 0.126. The molecule has 2 atom stereocenters. The van der Waals surface area contributed by atoms with E-state index in [-0.39, 0.29) is 5.92 Å². The lowest BCUT2D eigenvalue weighted by Crippen LogP contribution is -2.35. The largest absolute Gasteiger partial charge is 0.385 e. The van der Waals surface area contributed by atoms with Crippen LogP contribution >= 0.6 is 0 Å². The summed E-state index contributed by atoms with van der Waals surface area (Å²) in [5, 5.41) is 10.9. The highest BCUT2D eigenvalue weighted by Crippen LogP contribution is 2.44. The summed E-state index contributed by atoms with van der Waals surface area (Å²) < 4.78 is 0. The van der Waals surface area contributed by atoms with Gasteiger partial charge < -0.3 is 5.11 Å². The highest BCUT2D eigenvalue weighted by Gasteiger charge is 2.39. The lowest BCUT2D eigenvalue weighted by molar-refractivity contribution is 0.0159. The van der Waals surface area contributed by atoms with Crippen LogP contribution < -0.4 is 0 Å². The second-order valence-corrected chi connectivity index (χ2v) is 5.18. The van der Waals surface area contributed by atoms with Gasteiger partial charge in [-0.1, -0.05) is 30.3 Å². The van der Waals surface area contributed by atoms with Crippen molar-refractivity contribution in [3.05, 3.63) is 65.5 Å². The van der Waals surface area contributed by atoms with E-state index in [1.54, 1.807) is 6.20 Å². The standard InChI is InChI=1S/C16H17NO/c1-16(18)14-7-3-2-5-12(14)8-9-15(16)13-6-4-10-17-11-13/h2-7,10-11,15,18H,8-9H2,1H3/t15-,16+/m1/s1. The third kappa shape index (κ3) is 1.73. The number of pyridine rings is 1. The van der Waals surface area contributed by atoms with Crippen LogP contribution in [0.5, 0.6) is 0 Å². The molecule has 1 aliphatic carbocycles. The smallest absolute Gasteiger partial charge is 0.0940 e. The van der Waals surface area contributed by atoms with Crippen LogP contribution in [0.4, 0.5) is 0 Å². The number of nitrogens with zero attached hydrogens (tertiary/aromatic N) is 1. The molecule has 0 radical (unpaired) electrons. The second kappa shape index (κ2) is 4.21. The molecule has 1 aromatic heterocycles. The summed E-state index contributed by atoms with van der Waals surface area (Å²) in [4.78, 5) is 4.17. The van der Waals surface area contributed by atoms with Gasteiger partial charge in [-0.25, -0.2) is 0 Å². The number of hydrogen-bond acceptors (Lipinski definition) is 2. The Morgan fingerprint density at radius 2 is 2.06 bits per heavy atom. The van der Waals surface area contributed by atoms with Gasteiger partial charge in [-0.3, -0.25) is 4.98 Å². The monoisotopic (exact) mass is 239 g/mol. The zero-order valence-corrected chi connectivity index (χ0v) is 10.5. The first-order valence-electron chi connectivity index (χ1n) is 6.40. The number of aryl methyl sites for hydroxylation is 1. The maximum atomic E-state index is 10.9. The molecule has 1 heterocycles. The first-order chi connectivity index (χ1) is 8.69. The molecule has 0 unspecified atom stereocenters. The quantitative estimate of drug-likeness (QED) is 0.829. The topological polar surface area (TPSA) is 33.1 Å². The van der Waals surface area contributed by atoms with Crippen molar-refractivity contribution < 1.29 is 5.11 Å². The third-order valence-corrected chi connectivity index (χ3v) is 4.03. The summed E-state index contributed by atoms with van der Waals surface area (Å²) in [6.45, 7) is 1.92. The fraction of sp³-hybridized carbons (Fsp3) is 0.312. The van der Waals surface area contributed by atoms with E-state index >= 15 is 0 Å². The van der Waals surface area contributed by atoms with E-state index in [1.165, 1.54) is 5.56 Å². The average molecular weight is 239 g/mol. The van der Waals surface area contributed by atoms with E-state index in [2.05, 4.69) is 17.1 Å². The molecule has 0 fully saturated rings. The van der Waals surface area contributed by atoms with Crippen LogP contribution in [0, 0.1) is 0 Å². The van der Waals surface area contributed by atoms with Crippen LogP contribution in [0.1, 0.15) is 36.0 Å². The molecule has 2 heteroatoms. The highest BCUT2D eigenvalue weighted by atomic mass is 16.3. The molecule has 0 spiro atoms. The number of rotatable bonds is 1. The van der Waals surface area contributed by atoms with Crippen molar-refractivity contribution in [2.45, 2.75) is 31.3 Å². The van der Waals surface area contributed by atoms with Crippen LogP contribution in [0.25, 0.3) is 0 Å². The minimum Gasteiger partial charge on any atom is -0.385 e. The van der Waals surface area contributed by atoms with Gasteiger partial charge in [0, 0.05) is 18.3 Å². The molecule has 0 bridgehead atoms. The summed E-state index contributed by atoms with van der Waals surface area (Å²) >= 11 is 0. The number of hydrogen-bond donors (Lipinski definition) is 1. The van der Waals surface area contributed by atoms with Gasteiger partial charge in [0.15, 0.2) is 0 Å². The normalized spacial score (nSPS) is 26.7. The summed E-state index contributed by atoms with van der Waals surface area (Å²) in [5.41, 5.74) is 2.64. The van der Waals surface area contributed by atoms with Crippen molar-refractivity contribution in [2.24, 2.45) is 0 Å². The average Bonchev–Trinajstić information content (AvgIpc) is 2.40. The van der Waals surface area contributed by atoms with Crippen molar-refractivity contribution >= 4 is 0 Å². The SMILES string of the molecule is C[C@]1(O)c2ccccc2CC[C@@H]1c1cccnc1. The highest BCUT2D eigenvalue weighted by molar-refractivity contribution is 5.39. The maximum Gasteiger partial charge on any atom is 0.0940 e. The summed E-state index contributed by atoms with van der Waals surface area (Å²) in [7, 11) is 0. The van der Waals surface area contributed by atoms with Crippen molar-refractivity contribution in [1.29, 1.82) is 0 Å². The van der Waals surface area contributed by atoms with Crippen molar-refractivity contribution in [2.75, 3.05) is 0 Å². The van der Waals surface area contributed by atoms with Gasteiger partial charge in [0.1, 0.15) is 0 Å². The van der Waals surface area contributed by atoms with E-state index in [9.17, 15) is 5.11 Å². The lowest BCUT2D eigenvalue weighted by atomic mass is 9.70. The maximum absolute atomic E-state index is 10.9. The van der Waals surface area contributed by atoms with E-state index in [4.69, 9.17) is 0 Å². The molecule has 18 heavy (non-hydrogen) atoms. The number of benzene rings is 1. The fourth-order valence-corrected chi connectivity index (χ4v) is 3.07. The Bertz CT molecular complexity index is 548. The van der Waals surface area contributed by atoms with E-state index in [0.29, 0.717) is 0 Å². The molecule has 1 aromatic carbocycles. The van der Waals surface area contributed by atoms with Crippen molar-refractivity contribution in [3.8, 4) is 0 Å². The predicted molar refractivity (Wildman–Crippen MR) is 71.3 cm³/mol. The van der Waals surface area contributed by atoms with Gasteiger partial charge in [-0.15, -0.1) is 0 Å². The molecule has 2 nitrogen and oxygen atoms in total. The molecular formula is C16H17NO. The van der Waals surface area contributed by atoms with E-state index in [1.807, 2.05) is 37.4 Å². The van der Waals surface area contributed by atoms with Crippen molar-refractivity contribution in [3.63, 3.8) is 0 Å². The number of aliphatic hydroxyl groups is 1. The Morgan fingerprint density at radius 3 is 2.83 bits per heavy atom. The van der Waals surface area contributed by atoms with Gasteiger partial charge in [-0.05, 0) is 42.5 Å². The molecule has 3 rings (SSSR count). The van der Waals surface area contributed by atoms with E-state index in [0.717, 1.165) is 24.0 Å². The van der Waals surface area contributed by atoms with Crippen molar-refractivity contribution in [1.82, 2.24) is 4.98 Å². The second-order valence-electron chi connectivity index (χ2n) is 5.18. The van der Waals surface area contributed by atoms with Crippen LogP contribution in [0.15, 0.2) is 48.8 Å². The molecule has 0 saturated carbocycles. The zero-order valence-electron chi connectivity index (χ0n) is 10.5. The zero-order chi connectivity index (χ0) is 12.6. The first kappa shape index (κ1) is 11.4.